The minimum absolute atomic E-state index is 0.0710. The Labute approximate surface area is 101 Å². The van der Waals surface area contributed by atoms with Crippen LogP contribution in [0.5, 0.6) is 5.88 Å². The van der Waals surface area contributed by atoms with Gasteiger partial charge in [0.05, 0.1) is 12.7 Å². The van der Waals surface area contributed by atoms with Crippen LogP contribution in [0.2, 0.25) is 0 Å². The Kier molecular flexibility index (Phi) is 4.96. The van der Waals surface area contributed by atoms with Crippen LogP contribution < -0.4 is 15.8 Å². The maximum Gasteiger partial charge on any atom is 0.242 e. The molecule has 0 spiro atoms. The van der Waals surface area contributed by atoms with Crippen LogP contribution in [0.4, 0.5) is 11.5 Å². The first-order valence-corrected chi connectivity index (χ1v) is 5.72. The number of aliphatic hydroxyl groups excluding tert-OH is 1. The highest BCUT2D eigenvalue weighted by Crippen LogP contribution is 2.25. The fourth-order valence-electron chi connectivity index (χ4n) is 1.55. The Morgan fingerprint density at radius 2 is 2.18 bits per heavy atom. The van der Waals surface area contributed by atoms with Gasteiger partial charge in [0.1, 0.15) is 12.0 Å². The molecule has 0 amide bonds. The summed E-state index contributed by atoms with van der Waals surface area (Å²) in [4.78, 5) is 8.01. The summed E-state index contributed by atoms with van der Waals surface area (Å²) in [5, 5.41) is 12.4. The quantitative estimate of drug-likeness (QED) is 0.687. The van der Waals surface area contributed by atoms with Crippen molar-refractivity contribution in [3.05, 3.63) is 6.33 Å². The van der Waals surface area contributed by atoms with E-state index in [4.69, 9.17) is 10.5 Å². The fraction of sp³-hybridized carbons (Fsp3) is 0.636. The minimum Gasteiger partial charge on any atom is -0.476 e. The lowest BCUT2D eigenvalue weighted by atomic mass is 10.1. The van der Waals surface area contributed by atoms with Crippen molar-refractivity contribution in [2.45, 2.75) is 39.3 Å². The second kappa shape index (κ2) is 6.24. The summed E-state index contributed by atoms with van der Waals surface area (Å²) >= 11 is 0. The van der Waals surface area contributed by atoms with Crippen LogP contribution in [-0.4, -0.2) is 33.8 Å². The van der Waals surface area contributed by atoms with Crippen molar-refractivity contribution in [3.63, 3.8) is 0 Å². The van der Waals surface area contributed by atoms with E-state index in [1.54, 1.807) is 6.92 Å². The maximum absolute atomic E-state index is 9.28. The Hall–Kier alpha value is -1.56. The number of anilines is 2. The highest BCUT2D eigenvalue weighted by molar-refractivity contribution is 5.66. The zero-order valence-electron chi connectivity index (χ0n) is 10.5. The van der Waals surface area contributed by atoms with E-state index in [1.165, 1.54) is 6.33 Å². The minimum atomic E-state index is -0.369. The van der Waals surface area contributed by atoms with E-state index < -0.39 is 0 Å². The van der Waals surface area contributed by atoms with Gasteiger partial charge in [0, 0.05) is 6.04 Å². The molecule has 0 saturated carbocycles. The van der Waals surface area contributed by atoms with Crippen LogP contribution in [-0.2, 0) is 0 Å². The highest BCUT2D eigenvalue weighted by Gasteiger charge is 2.12. The number of hydrogen-bond acceptors (Lipinski definition) is 6. The van der Waals surface area contributed by atoms with Gasteiger partial charge in [0.15, 0.2) is 5.82 Å². The summed E-state index contributed by atoms with van der Waals surface area (Å²) in [5.41, 5.74) is 6.27. The Balaban J connectivity index is 2.73. The molecule has 0 aliphatic heterocycles. The van der Waals surface area contributed by atoms with Crippen molar-refractivity contribution in [3.8, 4) is 5.88 Å². The van der Waals surface area contributed by atoms with Crippen LogP contribution in [0.25, 0.3) is 0 Å². The van der Waals surface area contributed by atoms with Gasteiger partial charge in [-0.15, -0.1) is 0 Å². The third-order valence-electron chi connectivity index (χ3n) is 2.21. The number of ether oxygens (including phenoxy) is 1. The molecule has 2 unspecified atom stereocenters. The summed E-state index contributed by atoms with van der Waals surface area (Å²) in [6.07, 6.45) is 1.65. The lowest BCUT2D eigenvalue weighted by Crippen LogP contribution is -2.22. The number of nitrogens with one attached hydrogen (secondary N) is 1. The molecule has 0 saturated heterocycles. The molecule has 2 atom stereocenters. The van der Waals surface area contributed by atoms with E-state index in [0.717, 1.165) is 0 Å². The monoisotopic (exact) mass is 240 g/mol. The zero-order chi connectivity index (χ0) is 12.8. The molecule has 0 aromatic carbocycles. The number of aliphatic hydroxyl groups is 1. The SMILES string of the molecule is CCOc1ncnc(NC(C)CC(C)O)c1N. The third-order valence-corrected chi connectivity index (χ3v) is 2.21. The van der Waals surface area contributed by atoms with Gasteiger partial charge < -0.3 is 20.9 Å². The first-order valence-electron chi connectivity index (χ1n) is 5.72. The lowest BCUT2D eigenvalue weighted by Gasteiger charge is -2.17. The van der Waals surface area contributed by atoms with Crippen molar-refractivity contribution >= 4 is 11.5 Å². The Morgan fingerprint density at radius 3 is 2.76 bits per heavy atom. The van der Waals surface area contributed by atoms with Gasteiger partial charge in [-0.3, -0.25) is 0 Å². The van der Waals surface area contributed by atoms with Gasteiger partial charge in [0.2, 0.25) is 5.88 Å². The molecule has 0 radical (unpaired) electrons. The number of rotatable bonds is 6. The summed E-state index contributed by atoms with van der Waals surface area (Å²) in [7, 11) is 0. The lowest BCUT2D eigenvalue weighted by molar-refractivity contribution is 0.179. The second-order valence-corrected chi connectivity index (χ2v) is 4.00. The van der Waals surface area contributed by atoms with Gasteiger partial charge in [0.25, 0.3) is 0 Å². The Bertz CT molecular complexity index is 357. The Morgan fingerprint density at radius 1 is 1.47 bits per heavy atom. The van der Waals surface area contributed by atoms with Gasteiger partial charge in [-0.05, 0) is 27.2 Å². The number of hydrogen-bond donors (Lipinski definition) is 3. The predicted octanol–water partition coefficient (Wildman–Crippen LogP) is 1.03. The van der Waals surface area contributed by atoms with Crippen LogP contribution in [0.3, 0.4) is 0 Å². The molecule has 6 nitrogen and oxygen atoms in total. The maximum atomic E-state index is 9.28. The fourth-order valence-corrected chi connectivity index (χ4v) is 1.55. The molecular formula is C11H20N4O2. The molecule has 17 heavy (non-hydrogen) atoms. The molecule has 0 bridgehead atoms. The molecule has 4 N–H and O–H groups in total. The van der Waals surface area contributed by atoms with Crippen molar-refractivity contribution in [1.29, 1.82) is 0 Å². The molecule has 0 fully saturated rings. The topological polar surface area (TPSA) is 93.3 Å². The molecule has 1 aromatic heterocycles. The molecule has 0 aliphatic rings. The third kappa shape index (κ3) is 4.07. The number of aromatic nitrogens is 2. The number of nitrogens with two attached hydrogens (primary N) is 1. The van der Waals surface area contributed by atoms with Crippen molar-refractivity contribution in [2.24, 2.45) is 0 Å². The van der Waals surface area contributed by atoms with Gasteiger partial charge in [-0.1, -0.05) is 0 Å². The van der Waals surface area contributed by atoms with Crippen LogP contribution in [0, 0.1) is 0 Å². The number of nitrogen functional groups attached to an aromatic ring is 1. The summed E-state index contributed by atoms with van der Waals surface area (Å²) in [5.74, 6) is 0.922. The van der Waals surface area contributed by atoms with E-state index in [2.05, 4.69) is 15.3 Å². The second-order valence-electron chi connectivity index (χ2n) is 4.00. The summed E-state index contributed by atoms with van der Waals surface area (Å²) in [6, 6.07) is 0.0710. The van der Waals surface area contributed by atoms with Gasteiger partial charge in [-0.2, -0.15) is 4.98 Å². The van der Waals surface area contributed by atoms with Crippen LogP contribution in [0.1, 0.15) is 27.2 Å². The number of nitrogens with zero attached hydrogens (tertiary/aromatic N) is 2. The average molecular weight is 240 g/mol. The van der Waals surface area contributed by atoms with Gasteiger partial charge in [-0.25, -0.2) is 4.98 Å². The largest absolute Gasteiger partial charge is 0.476 e. The molecule has 1 rings (SSSR count). The molecule has 1 aromatic rings. The molecule has 0 aliphatic carbocycles. The van der Waals surface area contributed by atoms with E-state index in [1.807, 2.05) is 13.8 Å². The molecule has 1 heterocycles. The summed E-state index contributed by atoms with van der Waals surface area (Å²) < 4.78 is 5.27. The van der Waals surface area contributed by atoms with E-state index in [-0.39, 0.29) is 12.1 Å². The molecule has 6 heteroatoms. The van der Waals surface area contributed by atoms with Gasteiger partial charge >= 0.3 is 0 Å². The van der Waals surface area contributed by atoms with Crippen molar-refractivity contribution in [1.82, 2.24) is 9.97 Å². The molecular weight excluding hydrogens is 220 g/mol. The van der Waals surface area contributed by atoms with E-state index in [9.17, 15) is 5.11 Å². The normalized spacial score (nSPS) is 14.1. The summed E-state index contributed by atoms with van der Waals surface area (Å²) in [6.45, 7) is 6.07. The highest BCUT2D eigenvalue weighted by atomic mass is 16.5. The predicted molar refractivity (Wildman–Crippen MR) is 67.0 cm³/mol. The smallest absolute Gasteiger partial charge is 0.242 e. The first-order chi connectivity index (χ1) is 8.04. The van der Waals surface area contributed by atoms with Crippen LogP contribution in [0.15, 0.2) is 6.33 Å². The van der Waals surface area contributed by atoms with Crippen molar-refractivity contribution in [2.75, 3.05) is 17.7 Å². The molecule has 96 valence electrons. The van der Waals surface area contributed by atoms with E-state index in [0.29, 0.717) is 30.4 Å². The van der Waals surface area contributed by atoms with Crippen molar-refractivity contribution < 1.29 is 9.84 Å². The van der Waals surface area contributed by atoms with Crippen LogP contribution >= 0.6 is 0 Å². The zero-order valence-corrected chi connectivity index (χ0v) is 10.5. The van der Waals surface area contributed by atoms with E-state index >= 15 is 0 Å². The average Bonchev–Trinajstić information content (AvgIpc) is 2.23. The standard InChI is InChI=1S/C11H20N4O2/c1-4-17-11-9(12)10(13-6-14-11)15-7(2)5-8(3)16/h6-8,16H,4-5,12H2,1-3H3,(H,13,14,15). The first kappa shape index (κ1) is 13.5.